The Balaban J connectivity index is 2.75. The molecule has 0 aliphatic heterocycles. The van der Waals surface area contributed by atoms with Crippen LogP contribution in [0.5, 0.6) is 0 Å². The average Bonchev–Trinajstić information content (AvgIpc) is 2.29. The molecule has 17 heavy (non-hydrogen) atoms. The first-order valence-electron chi connectivity index (χ1n) is 5.52. The molecule has 0 heterocycles. The van der Waals surface area contributed by atoms with E-state index in [1.807, 2.05) is 6.92 Å². The van der Waals surface area contributed by atoms with Crippen LogP contribution < -0.4 is 11.1 Å². The number of carbonyl (C=O) groups is 1. The Bertz CT molecular complexity index is 410. The molecule has 0 saturated carbocycles. The predicted octanol–water partition coefficient (Wildman–Crippen LogP) is 2.35. The lowest BCUT2D eigenvalue weighted by Gasteiger charge is -2.09. The number of carbonyl (C=O) groups excluding carboxylic acids is 1. The maximum atomic E-state index is 13.9. The highest BCUT2D eigenvalue weighted by atomic mass is 35.5. The summed E-state index contributed by atoms with van der Waals surface area (Å²) in [6, 6.07) is 3.15. The normalized spacial score (nSPS) is 10.4. The molecule has 0 aliphatic rings. The molecule has 94 valence electrons. The molecule has 1 amide bonds. The molecule has 3 nitrogen and oxygen atoms in total. The fourth-order valence-corrected chi connectivity index (χ4v) is 1.70. The van der Waals surface area contributed by atoms with Gasteiger partial charge < -0.3 is 11.1 Å². The Kier molecular flexibility index (Phi) is 5.38. The molecular weight excluding hydrogens is 243 g/mol. The Morgan fingerprint density at radius 3 is 2.82 bits per heavy atom. The minimum atomic E-state index is -0.434. The zero-order valence-corrected chi connectivity index (χ0v) is 10.5. The monoisotopic (exact) mass is 258 g/mol. The lowest BCUT2D eigenvalue weighted by Crippen LogP contribution is -2.23. The molecule has 0 fully saturated rings. The SMILES string of the molecule is CCCC(=O)NCc1ccc(Cl)c(CN)c1F. The second-order valence-corrected chi connectivity index (χ2v) is 4.14. The summed E-state index contributed by atoms with van der Waals surface area (Å²) in [5.74, 6) is -0.520. The van der Waals surface area contributed by atoms with Crippen LogP contribution in [0.25, 0.3) is 0 Å². The van der Waals surface area contributed by atoms with Gasteiger partial charge in [-0.05, 0) is 12.5 Å². The fraction of sp³-hybridized carbons (Fsp3) is 0.417. The standard InChI is InChI=1S/C12H16ClFN2O/c1-2-3-11(17)16-7-8-4-5-10(13)9(6-15)12(8)14/h4-5H,2-3,6-7,15H2,1H3,(H,16,17). The van der Waals surface area contributed by atoms with Crippen LogP contribution in [-0.2, 0) is 17.9 Å². The van der Waals surface area contributed by atoms with E-state index in [1.165, 1.54) is 0 Å². The number of nitrogens with one attached hydrogen (secondary N) is 1. The quantitative estimate of drug-likeness (QED) is 0.852. The van der Waals surface area contributed by atoms with E-state index in [0.717, 1.165) is 6.42 Å². The number of rotatable bonds is 5. The van der Waals surface area contributed by atoms with Crippen LogP contribution in [0.1, 0.15) is 30.9 Å². The van der Waals surface area contributed by atoms with E-state index in [2.05, 4.69) is 5.32 Å². The van der Waals surface area contributed by atoms with E-state index < -0.39 is 5.82 Å². The van der Waals surface area contributed by atoms with Crippen molar-refractivity contribution in [3.05, 3.63) is 34.1 Å². The van der Waals surface area contributed by atoms with Gasteiger partial charge in [-0.1, -0.05) is 24.6 Å². The van der Waals surface area contributed by atoms with Crippen molar-refractivity contribution >= 4 is 17.5 Å². The molecule has 0 spiro atoms. The van der Waals surface area contributed by atoms with Gasteiger partial charge in [0.15, 0.2) is 0 Å². The fourth-order valence-electron chi connectivity index (χ4n) is 1.48. The van der Waals surface area contributed by atoms with Gasteiger partial charge in [-0.3, -0.25) is 4.79 Å². The van der Waals surface area contributed by atoms with Gasteiger partial charge in [0.25, 0.3) is 0 Å². The summed E-state index contributed by atoms with van der Waals surface area (Å²) in [5, 5.41) is 2.96. The number of nitrogens with two attached hydrogens (primary N) is 1. The highest BCUT2D eigenvalue weighted by Gasteiger charge is 2.11. The van der Waals surface area contributed by atoms with E-state index >= 15 is 0 Å². The molecule has 0 atom stereocenters. The first kappa shape index (κ1) is 13.9. The van der Waals surface area contributed by atoms with Gasteiger partial charge in [-0.2, -0.15) is 0 Å². The molecule has 0 aromatic heterocycles. The van der Waals surface area contributed by atoms with Crippen LogP contribution in [0, 0.1) is 5.82 Å². The van der Waals surface area contributed by atoms with E-state index in [4.69, 9.17) is 17.3 Å². The minimum absolute atomic E-state index is 0.0431. The van der Waals surface area contributed by atoms with Crippen molar-refractivity contribution in [3.8, 4) is 0 Å². The largest absolute Gasteiger partial charge is 0.352 e. The molecule has 0 radical (unpaired) electrons. The van der Waals surface area contributed by atoms with Crippen molar-refractivity contribution in [3.63, 3.8) is 0 Å². The number of benzene rings is 1. The van der Waals surface area contributed by atoms with E-state index in [9.17, 15) is 9.18 Å². The van der Waals surface area contributed by atoms with Gasteiger partial charge in [0.05, 0.1) is 0 Å². The van der Waals surface area contributed by atoms with Crippen molar-refractivity contribution in [1.82, 2.24) is 5.32 Å². The summed E-state index contributed by atoms with van der Waals surface area (Å²) in [4.78, 5) is 11.3. The molecule has 3 N–H and O–H groups in total. The van der Waals surface area contributed by atoms with Gasteiger partial charge in [-0.25, -0.2) is 4.39 Å². The summed E-state index contributed by atoms with van der Waals surface area (Å²) in [6.45, 7) is 2.12. The van der Waals surface area contributed by atoms with Crippen molar-refractivity contribution in [2.45, 2.75) is 32.9 Å². The van der Waals surface area contributed by atoms with Crippen LogP contribution in [0.3, 0.4) is 0 Å². The van der Waals surface area contributed by atoms with Gasteiger partial charge >= 0.3 is 0 Å². The molecule has 5 heteroatoms. The number of hydrogen-bond acceptors (Lipinski definition) is 2. The lowest BCUT2D eigenvalue weighted by molar-refractivity contribution is -0.121. The summed E-state index contributed by atoms with van der Waals surface area (Å²) in [7, 11) is 0. The lowest BCUT2D eigenvalue weighted by atomic mass is 10.1. The second kappa shape index (κ2) is 6.57. The van der Waals surface area contributed by atoms with Gasteiger partial charge in [0.1, 0.15) is 5.82 Å². The average molecular weight is 259 g/mol. The third-order valence-electron chi connectivity index (χ3n) is 2.42. The van der Waals surface area contributed by atoms with E-state index in [1.54, 1.807) is 12.1 Å². The third kappa shape index (κ3) is 3.68. The molecule has 0 aliphatic carbocycles. The van der Waals surface area contributed by atoms with Crippen LogP contribution in [-0.4, -0.2) is 5.91 Å². The summed E-state index contributed by atoms with van der Waals surface area (Å²) >= 11 is 5.81. The summed E-state index contributed by atoms with van der Waals surface area (Å²) in [5.41, 5.74) is 6.10. The summed E-state index contributed by atoms with van der Waals surface area (Å²) in [6.07, 6.45) is 1.21. The molecule has 0 bridgehead atoms. The Morgan fingerprint density at radius 2 is 2.24 bits per heavy atom. The van der Waals surface area contributed by atoms with Gasteiger partial charge in [0, 0.05) is 35.7 Å². The smallest absolute Gasteiger partial charge is 0.220 e. The Labute approximate surface area is 105 Å². The van der Waals surface area contributed by atoms with E-state index in [0.29, 0.717) is 17.0 Å². The first-order valence-corrected chi connectivity index (χ1v) is 5.90. The van der Waals surface area contributed by atoms with Crippen molar-refractivity contribution in [2.75, 3.05) is 0 Å². The van der Waals surface area contributed by atoms with Crippen LogP contribution in [0.2, 0.25) is 5.02 Å². The molecule has 1 aromatic rings. The molecule has 0 unspecified atom stereocenters. The molecule has 1 aromatic carbocycles. The molecular formula is C12H16ClFN2O. The van der Waals surface area contributed by atoms with E-state index in [-0.39, 0.29) is 24.6 Å². The molecule has 1 rings (SSSR count). The number of hydrogen-bond donors (Lipinski definition) is 2. The predicted molar refractivity (Wildman–Crippen MR) is 66.1 cm³/mol. The second-order valence-electron chi connectivity index (χ2n) is 3.73. The number of halogens is 2. The highest BCUT2D eigenvalue weighted by Crippen LogP contribution is 2.21. The summed E-state index contributed by atoms with van der Waals surface area (Å²) < 4.78 is 13.9. The Hall–Kier alpha value is -1.13. The number of amides is 1. The van der Waals surface area contributed by atoms with Crippen LogP contribution >= 0.6 is 11.6 Å². The zero-order chi connectivity index (χ0) is 12.8. The highest BCUT2D eigenvalue weighted by molar-refractivity contribution is 6.31. The van der Waals surface area contributed by atoms with Crippen LogP contribution in [0.4, 0.5) is 4.39 Å². The topological polar surface area (TPSA) is 55.1 Å². The van der Waals surface area contributed by atoms with Crippen molar-refractivity contribution in [1.29, 1.82) is 0 Å². The Morgan fingerprint density at radius 1 is 1.53 bits per heavy atom. The minimum Gasteiger partial charge on any atom is -0.352 e. The third-order valence-corrected chi connectivity index (χ3v) is 2.78. The first-order chi connectivity index (χ1) is 8.10. The maximum absolute atomic E-state index is 13.9. The van der Waals surface area contributed by atoms with Gasteiger partial charge in [0.2, 0.25) is 5.91 Å². The zero-order valence-electron chi connectivity index (χ0n) is 9.72. The maximum Gasteiger partial charge on any atom is 0.220 e. The van der Waals surface area contributed by atoms with Gasteiger partial charge in [-0.15, -0.1) is 0 Å². The van der Waals surface area contributed by atoms with Crippen molar-refractivity contribution < 1.29 is 9.18 Å². The van der Waals surface area contributed by atoms with Crippen LogP contribution in [0.15, 0.2) is 12.1 Å². The molecule has 0 saturated heterocycles. The van der Waals surface area contributed by atoms with Crippen molar-refractivity contribution in [2.24, 2.45) is 5.73 Å².